The first kappa shape index (κ1) is 15.8. The van der Waals surface area contributed by atoms with Gasteiger partial charge in [-0.1, -0.05) is 18.5 Å². The molecule has 0 aliphatic rings. The fraction of sp³-hybridized carbons (Fsp3) is 0.250. The van der Waals surface area contributed by atoms with Gasteiger partial charge in [0.15, 0.2) is 17.3 Å². The minimum atomic E-state index is 0.507. The average Bonchev–Trinajstić information content (AvgIpc) is 3.04. The van der Waals surface area contributed by atoms with Gasteiger partial charge in [-0.3, -0.25) is 0 Å². The van der Waals surface area contributed by atoms with Crippen molar-refractivity contribution < 1.29 is 9.47 Å². The van der Waals surface area contributed by atoms with Gasteiger partial charge in [-0.2, -0.15) is 0 Å². The van der Waals surface area contributed by atoms with Crippen molar-refractivity contribution in [1.82, 2.24) is 9.97 Å². The minimum absolute atomic E-state index is 0.507. The molecule has 0 atom stereocenters. The predicted molar refractivity (Wildman–Crippen MR) is 94.6 cm³/mol. The molecule has 0 amide bonds. The highest BCUT2D eigenvalue weighted by molar-refractivity contribution is 7.17. The van der Waals surface area contributed by atoms with Crippen molar-refractivity contribution in [2.24, 2.45) is 0 Å². The lowest BCUT2D eigenvalue weighted by atomic mass is 10.2. The maximum absolute atomic E-state index is 6.32. The average molecular weight is 350 g/mol. The molecular formula is C16H16ClN3O2S. The number of aromatic nitrogens is 2. The molecule has 0 aliphatic carbocycles. The van der Waals surface area contributed by atoms with Gasteiger partial charge in [0.1, 0.15) is 10.7 Å². The summed E-state index contributed by atoms with van der Waals surface area (Å²) in [5.74, 6) is 1.95. The molecule has 0 radical (unpaired) electrons. The fourth-order valence-corrected chi connectivity index (χ4v) is 3.66. The fourth-order valence-electron chi connectivity index (χ4n) is 2.39. The number of ether oxygens (including phenoxy) is 2. The second-order valence-corrected chi connectivity index (χ2v) is 6.02. The van der Waals surface area contributed by atoms with E-state index in [2.05, 4.69) is 22.2 Å². The Kier molecular flexibility index (Phi) is 4.54. The number of anilines is 2. The van der Waals surface area contributed by atoms with Crippen LogP contribution in [0.1, 0.15) is 12.5 Å². The molecule has 0 fully saturated rings. The maximum Gasteiger partial charge on any atom is 0.162 e. The Labute approximate surface area is 143 Å². The third kappa shape index (κ3) is 2.92. The number of halogens is 1. The summed E-state index contributed by atoms with van der Waals surface area (Å²) in [4.78, 5) is 8.88. The zero-order valence-corrected chi connectivity index (χ0v) is 14.6. The van der Waals surface area contributed by atoms with Crippen molar-refractivity contribution in [3.63, 3.8) is 0 Å². The molecule has 0 aliphatic heterocycles. The number of fused-ring (bicyclic) bond motifs is 1. The van der Waals surface area contributed by atoms with E-state index < -0.39 is 0 Å². The number of hydrogen-bond acceptors (Lipinski definition) is 6. The second-order valence-electron chi connectivity index (χ2n) is 4.81. The van der Waals surface area contributed by atoms with Crippen LogP contribution in [0.3, 0.4) is 0 Å². The summed E-state index contributed by atoms with van der Waals surface area (Å²) in [5.41, 5.74) is 4.49. The second kappa shape index (κ2) is 6.60. The van der Waals surface area contributed by atoms with E-state index in [4.69, 9.17) is 21.1 Å². The van der Waals surface area contributed by atoms with Crippen LogP contribution < -0.4 is 14.8 Å². The number of benzene rings is 1. The minimum Gasteiger partial charge on any atom is -0.493 e. The number of thiazole rings is 1. The van der Waals surface area contributed by atoms with Gasteiger partial charge in [-0.25, -0.2) is 9.97 Å². The number of rotatable bonds is 5. The van der Waals surface area contributed by atoms with Gasteiger partial charge in [0.25, 0.3) is 0 Å². The van der Waals surface area contributed by atoms with E-state index in [1.807, 2.05) is 23.7 Å². The number of hydrogen-bond donors (Lipinski definition) is 1. The van der Waals surface area contributed by atoms with Crippen LogP contribution >= 0.6 is 22.9 Å². The molecule has 2 heterocycles. The van der Waals surface area contributed by atoms with E-state index in [0.29, 0.717) is 22.5 Å². The largest absolute Gasteiger partial charge is 0.493 e. The number of nitrogens with zero attached hydrogens (tertiary/aromatic N) is 2. The lowest BCUT2D eigenvalue weighted by Gasteiger charge is -2.12. The SMILES string of the molecule is CCc1c(Cl)nc(Nc2ccc(OC)c(OC)c2)c2ncsc12. The summed E-state index contributed by atoms with van der Waals surface area (Å²) < 4.78 is 11.6. The highest BCUT2D eigenvalue weighted by Crippen LogP contribution is 2.35. The van der Waals surface area contributed by atoms with Crippen molar-refractivity contribution in [2.75, 3.05) is 19.5 Å². The van der Waals surface area contributed by atoms with E-state index in [9.17, 15) is 0 Å². The normalized spacial score (nSPS) is 10.8. The number of nitrogens with one attached hydrogen (secondary N) is 1. The number of methoxy groups -OCH3 is 2. The summed E-state index contributed by atoms with van der Waals surface area (Å²) in [6.45, 7) is 2.06. The van der Waals surface area contributed by atoms with Gasteiger partial charge < -0.3 is 14.8 Å². The highest BCUT2D eigenvalue weighted by atomic mass is 35.5. The lowest BCUT2D eigenvalue weighted by molar-refractivity contribution is 0.355. The van der Waals surface area contributed by atoms with Crippen LogP contribution in [0.25, 0.3) is 10.2 Å². The molecule has 5 nitrogen and oxygen atoms in total. The summed E-state index contributed by atoms with van der Waals surface area (Å²) >= 11 is 7.89. The number of pyridine rings is 1. The summed E-state index contributed by atoms with van der Waals surface area (Å²) in [5, 5.41) is 3.77. The first-order valence-corrected chi connectivity index (χ1v) is 8.34. The standard InChI is InChI=1S/C16H16ClN3O2S/c1-4-10-14-13(18-8-23-14)16(20-15(10)17)19-9-5-6-11(21-2)12(7-9)22-3/h5-8H,4H2,1-3H3,(H,19,20). The third-order valence-corrected chi connectivity index (χ3v) is 4.72. The molecule has 1 aromatic carbocycles. The Bertz CT molecular complexity index is 851. The summed E-state index contributed by atoms with van der Waals surface area (Å²) in [6, 6.07) is 5.57. The van der Waals surface area contributed by atoms with Crippen LogP contribution in [-0.2, 0) is 6.42 Å². The highest BCUT2D eigenvalue weighted by Gasteiger charge is 2.15. The van der Waals surface area contributed by atoms with Crippen LogP contribution in [0.15, 0.2) is 23.7 Å². The van der Waals surface area contributed by atoms with Crippen LogP contribution in [0.5, 0.6) is 11.5 Å². The third-order valence-electron chi connectivity index (χ3n) is 3.52. The van der Waals surface area contributed by atoms with E-state index >= 15 is 0 Å². The zero-order chi connectivity index (χ0) is 16.4. The molecule has 0 saturated carbocycles. The molecule has 0 bridgehead atoms. The molecule has 0 saturated heterocycles. The van der Waals surface area contributed by atoms with Crippen molar-refractivity contribution >= 4 is 44.7 Å². The number of aryl methyl sites for hydroxylation is 1. The molecular weight excluding hydrogens is 334 g/mol. The topological polar surface area (TPSA) is 56.3 Å². The van der Waals surface area contributed by atoms with Crippen LogP contribution in [0.4, 0.5) is 11.5 Å². The van der Waals surface area contributed by atoms with Crippen molar-refractivity contribution in [3.05, 3.63) is 34.4 Å². The Hall–Kier alpha value is -2.05. The van der Waals surface area contributed by atoms with Crippen molar-refractivity contribution in [2.45, 2.75) is 13.3 Å². The van der Waals surface area contributed by atoms with Crippen LogP contribution in [0, 0.1) is 0 Å². The lowest BCUT2D eigenvalue weighted by Crippen LogP contribution is -1.99. The zero-order valence-electron chi connectivity index (χ0n) is 13.0. The summed E-state index contributed by atoms with van der Waals surface area (Å²) in [6.07, 6.45) is 0.821. The predicted octanol–water partition coefficient (Wildman–Crippen LogP) is 4.67. The first-order chi connectivity index (χ1) is 11.2. The van der Waals surface area contributed by atoms with Gasteiger partial charge >= 0.3 is 0 Å². The Balaban J connectivity index is 2.04. The molecule has 120 valence electrons. The van der Waals surface area contributed by atoms with Crippen molar-refractivity contribution in [1.29, 1.82) is 0 Å². The maximum atomic E-state index is 6.32. The Morgan fingerprint density at radius 1 is 1.22 bits per heavy atom. The van der Waals surface area contributed by atoms with E-state index in [1.54, 1.807) is 25.6 Å². The van der Waals surface area contributed by atoms with E-state index in [0.717, 1.165) is 27.9 Å². The molecule has 0 spiro atoms. The molecule has 3 aromatic rings. The Morgan fingerprint density at radius 3 is 2.70 bits per heavy atom. The first-order valence-electron chi connectivity index (χ1n) is 7.08. The van der Waals surface area contributed by atoms with Crippen molar-refractivity contribution in [3.8, 4) is 11.5 Å². The van der Waals surface area contributed by atoms with E-state index in [-0.39, 0.29) is 0 Å². The quantitative estimate of drug-likeness (QED) is 0.678. The Morgan fingerprint density at radius 2 is 2.00 bits per heavy atom. The molecule has 1 N–H and O–H groups in total. The van der Waals surface area contributed by atoms with Crippen LogP contribution in [0.2, 0.25) is 5.15 Å². The van der Waals surface area contributed by atoms with Gasteiger partial charge in [0.2, 0.25) is 0 Å². The van der Waals surface area contributed by atoms with Crippen LogP contribution in [-0.4, -0.2) is 24.2 Å². The smallest absolute Gasteiger partial charge is 0.162 e. The van der Waals surface area contributed by atoms with E-state index in [1.165, 1.54) is 0 Å². The van der Waals surface area contributed by atoms with Gasteiger partial charge in [-0.05, 0) is 18.6 Å². The van der Waals surface area contributed by atoms with Gasteiger partial charge in [0.05, 0.1) is 24.4 Å². The summed E-state index contributed by atoms with van der Waals surface area (Å²) in [7, 11) is 3.21. The van der Waals surface area contributed by atoms with Gasteiger partial charge in [-0.15, -0.1) is 11.3 Å². The monoisotopic (exact) mass is 349 g/mol. The molecule has 7 heteroatoms. The molecule has 23 heavy (non-hydrogen) atoms. The van der Waals surface area contributed by atoms with Gasteiger partial charge in [0, 0.05) is 17.3 Å². The molecule has 0 unspecified atom stereocenters. The molecule has 2 aromatic heterocycles. The molecule has 3 rings (SSSR count).